The Bertz CT molecular complexity index is 497. The average molecular weight is 302 g/mol. The number of benzene rings is 1. The SMILES string of the molecule is CCNC(=O)C(C)NC(=O)CSc1ccc(F)cc1F. The van der Waals surface area contributed by atoms with E-state index in [2.05, 4.69) is 10.6 Å². The molecule has 0 aliphatic heterocycles. The first-order chi connectivity index (χ1) is 9.43. The Balaban J connectivity index is 2.45. The summed E-state index contributed by atoms with van der Waals surface area (Å²) in [6.45, 7) is 3.82. The molecule has 7 heteroatoms. The van der Waals surface area contributed by atoms with Crippen LogP contribution < -0.4 is 10.6 Å². The third-order valence-electron chi connectivity index (χ3n) is 2.37. The van der Waals surface area contributed by atoms with Gasteiger partial charge in [-0.25, -0.2) is 8.78 Å². The molecule has 1 aromatic carbocycles. The van der Waals surface area contributed by atoms with Crippen LogP contribution in [0, 0.1) is 11.6 Å². The molecular formula is C13H16F2N2O2S. The van der Waals surface area contributed by atoms with Crippen molar-refractivity contribution < 1.29 is 18.4 Å². The number of hydrogen-bond acceptors (Lipinski definition) is 3. The fourth-order valence-electron chi connectivity index (χ4n) is 1.41. The Labute approximate surface area is 120 Å². The van der Waals surface area contributed by atoms with Gasteiger partial charge in [0.05, 0.1) is 5.75 Å². The van der Waals surface area contributed by atoms with Gasteiger partial charge >= 0.3 is 0 Å². The second-order valence-corrected chi connectivity index (χ2v) is 5.06. The maximum absolute atomic E-state index is 13.3. The van der Waals surface area contributed by atoms with Crippen LogP contribution in [0.1, 0.15) is 13.8 Å². The molecule has 1 aromatic rings. The molecule has 2 N–H and O–H groups in total. The molecule has 1 atom stereocenters. The van der Waals surface area contributed by atoms with Crippen molar-refractivity contribution >= 4 is 23.6 Å². The summed E-state index contributed by atoms with van der Waals surface area (Å²) in [7, 11) is 0. The molecule has 0 aliphatic carbocycles. The summed E-state index contributed by atoms with van der Waals surface area (Å²) in [6.07, 6.45) is 0. The summed E-state index contributed by atoms with van der Waals surface area (Å²) in [4.78, 5) is 23.2. The molecule has 0 heterocycles. The van der Waals surface area contributed by atoms with E-state index in [4.69, 9.17) is 0 Å². The van der Waals surface area contributed by atoms with Crippen LogP contribution in [0.2, 0.25) is 0 Å². The molecule has 4 nitrogen and oxygen atoms in total. The van der Waals surface area contributed by atoms with E-state index in [-0.39, 0.29) is 16.6 Å². The highest BCUT2D eigenvalue weighted by Gasteiger charge is 2.15. The number of likely N-dealkylation sites (N-methyl/N-ethyl adjacent to an activating group) is 1. The van der Waals surface area contributed by atoms with Gasteiger partial charge < -0.3 is 10.6 Å². The molecule has 110 valence electrons. The summed E-state index contributed by atoms with van der Waals surface area (Å²) in [5.41, 5.74) is 0. The van der Waals surface area contributed by atoms with Crippen molar-refractivity contribution in [1.29, 1.82) is 0 Å². The maximum Gasteiger partial charge on any atom is 0.242 e. The third-order valence-corrected chi connectivity index (χ3v) is 3.42. The van der Waals surface area contributed by atoms with Gasteiger partial charge in [0, 0.05) is 17.5 Å². The first-order valence-electron chi connectivity index (χ1n) is 6.09. The Morgan fingerprint density at radius 1 is 1.35 bits per heavy atom. The van der Waals surface area contributed by atoms with Crippen molar-refractivity contribution in [1.82, 2.24) is 10.6 Å². The highest BCUT2D eigenvalue weighted by Crippen LogP contribution is 2.21. The van der Waals surface area contributed by atoms with E-state index in [1.165, 1.54) is 6.07 Å². The molecule has 0 saturated heterocycles. The monoisotopic (exact) mass is 302 g/mol. The highest BCUT2D eigenvalue weighted by molar-refractivity contribution is 8.00. The van der Waals surface area contributed by atoms with Crippen LogP contribution in [-0.4, -0.2) is 30.2 Å². The van der Waals surface area contributed by atoms with Gasteiger partial charge in [0.2, 0.25) is 11.8 Å². The summed E-state index contributed by atoms with van der Waals surface area (Å²) >= 11 is 0.945. The molecule has 0 aliphatic rings. The molecule has 0 saturated carbocycles. The first-order valence-corrected chi connectivity index (χ1v) is 7.07. The lowest BCUT2D eigenvalue weighted by Gasteiger charge is -2.13. The van der Waals surface area contributed by atoms with E-state index in [1.54, 1.807) is 13.8 Å². The van der Waals surface area contributed by atoms with Crippen LogP contribution in [-0.2, 0) is 9.59 Å². The molecule has 0 bridgehead atoms. The van der Waals surface area contributed by atoms with Crippen molar-refractivity contribution in [3.8, 4) is 0 Å². The number of rotatable bonds is 6. The molecule has 20 heavy (non-hydrogen) atoms. The predicted molar refractivity (Wildman–Crippen MR) is 73.4 cm³/mol. The van der Waals surface area contributed by atoms with Crippen molar-refractivity contribution in [2.45, 2.75) is 24.8 Å². The van der Waals surface area contributed by atoms with Crippen molar-refractivity contribution in [3.63, 3.8) is 0 Å². The maximum atomic E-state index is 13.3. The van der Waals surface area contributed by atoms with Gasteiger partial charge in [-0.1, -0.05) is 0 Å². The van der Waals surface area contributed by atoms with Gasteiger partial charge in [-0.15, -0.1) is 11.8 Å². The Morgan fingerprint density at radius 3 is 2.65 bits per heavy atom. The van der Waals surface area contributed by atoms with Gasteiger partial charge in [0.25, 0.3) is 0 Å². The predicted octanol–water partition coefficient (Wildman–Crippen LogP) is 1.70. The molecule has 1 unspecified atom stereocenters. The Hall–Kier alpha value is -1.63. The zero-order valence-electron chi connectivity index (χ0n) is 11.2. The van der Waals surface area contributed by atoms with Crippen molar-refractivity contribution in [2.75, 3.05) is 12.3 Å². The minimum Gasteiger partial charge on any atom is -0.355 e. The molecular weight excluding hydrogens is 286 g/mol. The molecule has 0 fully saturated rings. The van der Waals surface area contributed by atoms with Crippen LogP contribution in [0.3, 0.4) is 0 Å². The topological polar surface area (TPSA) is 58.2 Å². The smallest absolute Gasteiger partial charge is 0.242 e. The lowest BCUT2D eigenvalue weighted by Crippen LogP contribution is -2.45. The number of carbonyl (C=O) groups excluding carboxylic acids is 2. The van der Waals surface area contributed by atoms with Crippen LogP contribution >= 0.6 is 11.8 Å². The van der Waals surface area contributed by atoms with Crippen LogP contribution in [0.15, 0.2) is 23.1 Å². The third kappa shape index (κ3) is 5.16. The number of hydrogen-bond donors (Lipinski definition) is 2. The number of halogens is 2. The van der Waals surface area contributed by atoms with Crippen LogP contribution in [0.25, 0.3) is 0 Å². The minimum absolute atomic E-state index is 0.0493. The molecule has 0 aromatic heterocycles. The minimum atomic E-state index is -0.709. The van der Waals surface area contributed by atoms with E-state index in [9.17, 15) is 18.4 Å². The van der Waals surface area contributed by atoms with E-state index in [0.717, 1.165) is 23.9 Å². The van der Waals surface area contributed by atoms with Gasteiger partial charge in [-0.2, -0.15) is 0 Å². The molecule has 2 amide bonds. The van der Waals surface area contributed by atoms with Crippen LogP contribution in [0.4, 0.5) is 8.78 Å². The number of amides is 2. The summed E-state index contributed by atoms with van der Waals surface area (Å²) in [5, 5.41) is 5.07. The number of carbonyl (C=O) groups is 2. The van der Waals surface area contributed by atoms with Crippen LogP contribution in [0.5, 0.6) is 0 Å². The highest BCUT2D eigenvalue weighted by atomic mass is 32.2. The normalized spacial score (nSPS) is 11.8. The fraction of sp³-hybridized carbons (Fsp3) is 0.385. The zero-order valence-corrected chi connectivity index (χ0v) is 12.0. The molecule has 0 spiro atoms. The van der Waals surface area contributed by atoms with Crippen molar-refractivity contribution in [3.05, 3.63) is 29.8 Å². The van der Waals surface area contributed by atoms with E-state index in [1.807, 2.05) is 0 Å². The van der Waals surface area contributed by atoms with Gasteiger partial charge in [0.1, 0.15) is 17.7 Å². The van der Waals surface area contributed by atoms with E-state index < -0.39 is 23.6 Å². The van der Waals surface area contributed by atoms with Gasteiger partial charge in [0.15, 0.2) is 0 Å². The first kappa shape index (κ1) is 16.4. The van der Waals surface area contributed by atoms with Gasteiger partial charge in [-0.05, 0) is 26.0 Å². The Kier molecular flexibility index (Phi) is 6.44. The van der Waals surface area contributed by atoms with E-state index >= 15 is 0 Å². The largest absolute Gasteiger partial charge is 0.355 e. The second-order valence-electron chi connectivity index (χ2n) is 4.05. The second kappa shape index (κ2) is 7.84. The number of thioether (sulfide) groups is 1. The summed E-state index contributed by atoms with van der Waals surface area (Å²) < 4.78 is 26.0. The fourth-order valence-corrected chi connectivity index (χ4v) is 2.14. The zero-order chi connectivity index (χ0) is 15.1. The molecule has 1 rings (SSSR count). The Morgan fingerprint density at radius 2 is 2.05 bits per heavy atom. The molecule has 0 radical (unpaired) electrons. The lowest BCUT2D eigenvalue weighted by molar-refractivity contribution is -0.127. The summed E-state index contributed by atoms with van der Waals surface area (Å²) in [6, 6.07) is 2.51. The lowest BCUT2D eigenvalue weighted by atomic mass is 10.3. The summed E-state index contributed by atoms with van der Waals surface area (Å²) in [5.74, 6) is -2.09. The average Bonchev–Trinajstić information content (AvgIpc) is 2.37. The van der Waals surface area contributed by atoms with Gasteiger partial charge in [-0.3, -0.25) is 9.59 Å². The van der Waals surface area contributed by atoms with E-state index in [0.29, 0.717) is 6.54 Å². The van der Waals surface area contributed by atoms with Crippen molar-refractivity contribution in [2.24, 2.45) is 0 Å². The number of nitrogens with one attached hydrogen (secondary N) is 2. The quantitative estimate of drug-likeness (QED) is 0.786. The standard InChI is InChI=1S/C13H16F2N2O2S/c1-3-16-13(19)8(2)17-12(18)7-20-11-5-4-9(14)6-10(11)15/h4-6,8H,3,7H2,1-2H3,(H,16,19)(H,17,18).